The summed E-state index contributed by atoms with van der Waals surface area (Å²) in [6, 6.07) is 11.0. The van der Waals surface area contributed by atoms with Crippen LogP contribution in [0.3, 0.4) is 0 Å². The maximum absolute atomic E-state index is 13.9. The van der Waals surface area contributed by atoms with E-state index in [1.54, 1.807) is 24.8 Å². The lowest BCUT2D eigenvalue weighted by Gasteiger charge is -2.39. The van der Waals surface area contributed by atoms with Crippen LogP contribution in [0.5, 0.6) is 0 Å². The molecule has 6 rings (SSSR count). The number of hydrogen-bond donors (Lipinski definition) is 1. The molecule has 2 saturated heterocycles. The SMILES string of the molecule is O=C([C@@H]1[C@@H](CO)[C@@H]2Cn3c(ccc(-c4cccnc4)c3=O)[C@H]1N2Cc1ccncc1)N1CCOCC1. The van der Waals surface area contributed by atoms with Crippen LogP contribution in [-0.2, 0) is 22.6 Å². The Labute approximate surface area is 209 Å². The van der Waals surface area contributed by atoms with Crippen LogP contribution < -0.4 is 5.56 Å². The van der Waals surface area contributed by atoms with Crippen molar-refractivity contribution in [3.8, 4) is 11.1 Å². The predicted molar refractivity (Wildman–Crippen MR) is 132 cm³/mol. The van der Waals surface area contributed by atoms with Gasteiger partial charge in [0.25, 0.3) is 5.56 Å². The Balaban J connectivity index is 1.45. The van der Waals surface area contributed by atoms with E-state index in [1.807, 2.05) is 45.9 Å². The van der Waals surface area contributed by atoms with Gasteiger partial charge in [-0.05, 0) is 35.9 Å². The lowest BCUT2D eigenvalue weighted by atomic mass is 9.86. The Kier molecular flexibility index (Phi) is 6.12. The van der Waals surface area contributed by atoms with Crippen LogP contribution in [-0.4, -0.2) is 74.3 Å². The molecule has 1 N–H and O–H groups in total. The lowest BCUT2D eigenvalue weighted by Crippen LogP contribution is -2.47. The average Bonchev–Trinajstić information content (AvgIpc) is 3.13. The number of amides is 1. The number of hydrogen-bond acceptors (Lipinski definition) is 7. The summed E-state index contributed by atoms with van der Waals surface area (Å²) in [4.78, 5) is 40.1. The van der Waals surface area contributed by atoms with Crippen LogP contribution in [0, 0.1) is 11.8 Å². The van der Waals surface area contributed by atoms with Crippen molar-refractivity contribution < 1.29 is 14.6 Å². The second-order valence-electron chi connectivity index (χ2n) is 9.68. The van der Waals surface area contributed by atoms with Gasteiger partial charge < -0.3 is 19.3 Å². The van der Waals surface area contributed by atoms with Crippen LogP contribution in [0.25, 0.3) is 11.1 Å². The zero-order valence-corrected chi connectivity index (χ0v) is 19.9. The van der Waals surface area contributed by atoms with Gasteiger partial charge in [0.1, 0.15) is 0 Å². The Bertz CT molecular complexity index is 1290. The molecule has 0 unspecified atom stereocenters. The summed E-state index contributed by atoms with van der Waals surface area (Å²) in [6.45, 7) is 3.03. The highest BCUT2D eigenvalue weighted by atomic mass is 16.5. The van der Waals surface area contributed by atoms with E-state index in [0.717, 1.165) is 16.8 Å². The Morgan fingerprint density at radius 1 is 1.06 bits per heavy atom. The van der Waals surface area contributed by atoms with Crippen LogP contribution in [0.1, 0.15) is 17.3 Å². The van der Waals surface area contributed by atoms with Crippen molar-refractivity contribution in [2.75, 3.05) is 32.9 Å². The number of carbonyl (C=O) groups is 1. The number of ether oxygens (including phenoxy) is 1. The van der Waals surface area contributed by atoms with Gasteiger partial charge in [0, 0.05) is 86.4 Å². The van der Waals surface area contributed by atoms with Gasteiger partial charge in [-0.1, -0.05) is 6.07 Å². The molecule has 0 spiro atoms. The second-order valence-corrected chi connectivity index (χ2v) is 9.68. The molecular formula is C27H29N5O4. The van der Waals surface area contributed by atoms with Crippen molar-refractivity contribution in [2.24, 2.45) is 11.8 Å². The van der Waals surface area contributed by atoms with E-state index in [9.17, 15) is 14.7 Å². The molecule has 9 heteroatoms. The monoisotopic (exact) mass is 487 g/mol. The zero-order valence-electron chi connectivity index (χ0n) is 19.9. The molecular weight excluding hydrogens is 458 g/mol. The summed E-state index contributed by atoms with van der Waals surface area (Å²) in [5.74, 6) is -0.701. The van der Waals surface area contributed by atoms with Gasteiger partial charge in [-0.2, -0.15) is 0 Å². The first-order valence-corrected chi connectivity index (χ1v) is 12.4. The highest BCUT2D eigenvalue weighted by molar-refractivity contribution is 5.81. The van der Waals surface area contributed by atoms with Crippen molar-refractivity contribution in [1.82, 2.24) is 24.3 Å². The first-order valence-electron chi connectivity index (χ1n) is 12.4. The average molecular weight is 488 g/mol. The van der Waals surface area contributed by atoms with E-state index in [0.29, 0.717) is 45.0 Å². The maximum atomic E-state index is 13.9. The number of pyridine rings is 3. The lowest BCUT2D eigenvalue weighted by molar-refractivity contribution is -0.142. The fourth-order valence-corrected chi connectivity index (χ4v) is 6.16. The molecule has 0 aliphatic carbocycles. The Hall–Kier alpha value is -3.40. The van der Waals surface area contributed by atoms with Crippen molar-refractivity contribution in [3.05, 3.63) is 82.8 Å². The smallest absolute Gasteiger partial charge is 0.258 e. The Morgan fingerprint density at radius 3 is 2.58 bits per heavy atom. The molecule has 0 saturated carbocycles. The maximum Gasteiger partial charge on any atom is 0.258 e. The van der Waals surface area contributed by atoms with Gasteiger partial charge in [0.05, 0.1) is 25.2 Å². The molecule has 0 radical (unpaired) electrons. The summed E-state index contributed by atoms with van der Waals surface area (Å²) in [6.07, 6.45) is 6.90. The van der Waals surface area contributed by atoms with E-state index in [1.165, 1.54) is 0 Å². The zero-order chi connectivity index (χ0) is 24.6. The normalized spacial score (nSPS) is 25.5. The molecule has 2 fully saturated rings. The first kappa shape index (κ1) is 23.0. The fourth-order valence-electron chi connectivity index (χ4n) is 6.16. The van der Waals surface area contributed by atoms with Gasteiger partial charge >= 0.3 is 0 Å². The highest BCUT2D eigenvalue weighted by Gasteiger charge is 2.56. The third kappa shape index (κ3) is 3.84. The summed E-state index contributed by atoms with van der Waals surface area (Å²) < 4.78 is 7.28. The summed E-state index contributed by atoms with van der Waals surface area (Å²) in [5.41, 5.74) is 3.17. The van der Waals surface area contributed by atoms with E-state index >= 15 is 0 Å². The Morgan fingerprint density at radius 2 is 1.86 bits per heavy atom. The van der Waals surface area contributed by atoms with Crippen LogP contribution >= 0.6 is 0 Å². The molecule has 0 aromatic carbocycles. The third-order valence-corrected chi connectivity index (χ3v) is 7.87. The van der Waals surface area contributed by atoms with Crippen molar-refractivity contribution in [2.45, 2.75) is 25.2 Å². The molecule has 36 heavy (non-hydrogen) atoms. The fraction of sp³-hybridized carbons (Fsp3) is 0.407. The second kappa shape index (κ2) is 9.57. The largest absolute Gasteiger partial charge is 0.396 e. The number of morpholine rings is 1. The predicted octanol–water partition coefficient (Wildman–Crippen LogP) is 1.33. The summed E-state index contributed by atoms with van der Waals surface area (Å²) >= 11 is 0. The van der Waals surface area contributed by atoms with Gasteiger partial charge in [-0.15, -0.1) is 0 Å². The van der Waals surface area contributed by atoms with E-state index in [-0.39, 0.29) is 36.1 Å². The number of aliphatic hydroxyl groups is 1. The highest BCUT2D eigenvalue weighted by Crippen LogP contribution is 2.49. The van der Waals surface area contributed by atoms with Gasteiger partial charge in [-0.3, -0.25) is 24.5 Å². The van der Waals surface area contributed by atoms with Crippen LogP contribution in [0.2, 0.25) is 0 Å². The number of carbonyl (C=O) groups excluding carboxylic acids is 1. The molecule has 3 aliphatic heterocycles. The van der Waals surface area contributed by atoms with Crippen LogP contribution in [0.15, 0.2) is 66.0 Å². The molecule has 3 aromatic heterocycles. The van der Waals surface area contributed by atoms with Crippen molar-refractivity contribution >= 4 is 5.91 Å². The van der Waals surface area contributed by atoms with E-state index in [2.05, 4.69) is 14.9 Å². The quantitative estimate of drug-likeness (QED) is 0.580. The van der Waals surface area contributed by atoms with Crippen molar-refractivity contribution in [3.63, 3.8) is 0 Å². The molecule has 4 atom stereocenters. The van der Waals surface area contributed by atoms with Gasteiger partial charge in [0.2, 0.25) is 5.91 Å². The molecule has 186 valence electrons. The number of rotatable bonds is 5. The van der Waals surface area contributed by atoms with Gasteiger partial charge in [-0.25, -0.2) is 0 Å². The standard InChI is InChI=1S/C27H29N5O4/c33-17-21-23-16-32-22(4-3-20(26(32)34)19-2-1-7-29-14-19)25(31(23)15-18-5-8-28-9-6-18)24(21)27(35)30-10-12-36-13-11-30/h1-9,14,21,23-25,33H,10-13,15-17H2/t21-,23-,24+,25+/m0/s1. The molecule has 3 aromatic rings. The molecule has 6 heterocycles. The van der Waals surface area contributed by atoms with E-state index < -0.39 is 5.92 Å². The minimum absolute atomic E-state index is 0.0295. The number of aromatic nitrogens is 3. The number of nitrogens with zero attached hydrogens (tertiary/aromatic N) is 5. The van der Waals surface area contributed by atoms with Gasteiger partial charge in [0.15, 0.2) is 0 Å². The number of aliphatic hydroxyl groups excluding tert-OH is 1. The summed E-state index contributed by atoms with van der Waals surface area (Å²) in [7, 11) is 0. The topological polar surface area (TPSA) is 101 Å². The minimum Gasteiger partial charge on any atom is -0.396 e. The molecule has 2 bridgehead atoms. The number of fused-ring (bicyclic) bond motifs is 4. The van der Waals surface area contributed by atoms with E-state index in [4.69, 9.17) is 4.74 Å². The minimum atomic E-state index is -0.447. The molecule has 3 aliphatic rings. The van der Waals surface area contributed by atoms with Crippen LogP contribution in [0.4, 0.5) is 0 Å². The molecule has 9 nitrogen and oxygen atoms in total. The van der Waals surface area contributed by atoms with Crippen molar-refractivity contribution in [1.29, 1.82) is 0 Å². The third-order valence-electron chi connectivity index (χ3n) is 7.87. The first-order chi connectivity index (χ1) is 17.7. The molecule has 1 amide bonds. The summed E-state index contributed by atoms with van der Waals surface area (Å²) in [5, 5.41) is 10.6.